The molecular formula is C23H34N2O2. The third-order valence-electron chi connectivity index (χ3n) is 7.13. The zero-order chi connectivity index (χ0) is 18.1. The third-order valence-corrected chi connectivity index (χ3v) is 7.13. The lowest BCUT2D eigenvalue weighted by atomic mass is 10.1. The lowest BCUT2D eigenvalue weighted by molar-refractivity contribution is 0.0967. The number of likely N-dealkylation sites (tertiary alicyclic amines) is 2. The second-order valence-corrected chi connectivity index (χ2v) is 9.06. The lowest BCUT2D eigenvalue weighted by Crippen LogP contribution is -2.31. The van der Waals surface area contributed by atoms with Gasteiger partial charge in [-0.2, -0.15) is 0 Å². The Bertz CT molecular complexity index is 631. The molecule has 3 heterocycles. The van der Waals surface area contributed by atoms with Crippen LogP contribution in [0.25, 0.3) is 0 Å². The summed E-state index contributed by atoms with van der Waals surface area (Å²) in [6.45, 7) is 10.3. The Kier molecular flexibility index (Phi) is 5.39. The average Bonchev–Trinajstić information content (AvgIpc) is 3.05. The molecule has 3 fully saturated rings. The fourth-order valence-corrected chi connectivity index (χ4v) is 5.50. The van der Waals surface area contributed by atoms with E-state index in [4.69, 9.17) is 9.47 Å². The van der Waals surface area contributed by atoms with E-state index in [0.717, 1.165) is 56.3 Å². The quantitative estimate of drug-likeness (QED) is 0.656. The standard InChI is InChI=1S/C23H34N2O2/c1-2-8-24(9-3-1)10-4-11-26-17-22-20-15-25(16-21(20)22)14-18-5-6-23-19(13-18)7-12-27-23/h5-6,13,20-22H,1-4,7-12,14-17H2/t20-,21+,22+. The largest absolute Gasteiger partial charge is 0.493 e. The summed E-state index contributed by atoms with van der Waals surface area (Å²) in [6.07, 6.45) is 6.49. The minimum atomic E-state index is 0.838. The monoisotopic (exact) mass is 370 g/mol. The van der Waals surface area contributed by atoms with Gasteiger partial charge in [-0.05, 0) is 67.3 Å². The van der Waals surface area contributed by atoms with Crippen LogP contribution in [0.5, 0.6) is 5.75 Å². The van der Waals surface area contributed by atoms with E-state index < -0.39 is 0 Å². The average molecular weight is 371 g/mol. The van der Waals surface area contributed by atoms with Crippen molar-refractivity contribution in [2.75, 3.05) is 52.5 Å². The van der Waals surface area contributed by atoms with E-state index in [1.807, 2.05) is 0 Å². The number of hydrogen-bond donors (Lipinski definition) is 0. The summed E-state index contributed by atoms with van der Waals surface area (Å²) in [7, 11) is 0. The van der Waals surface area contributed by atoms with Gasteiger partial charge in [0.15, 0.2) is 0 Å². The highest BCUT2D eigenvalue weighted by Gasteiger charge is 2.55. The van der Waals surface area contributed by atoms with Crippen LogP contribution in [-0.4, -0.2) is 62.3 Å². The molecule has 3 atom stereocenters. The molecular weight excluding hydrogens is 336 g/mol. The van der Waals surface area contributed by atoms with Gasteiger partial charge in [0.05, 0.1) is 13.2 Å². The smallest absolute Gasteiger partial charge is 0.122 e. The Morgan fingerprint density at radius 3 is 2.74 bits per heavy atom. The van der Waals surface area contributed by atoms with Crippen molar-refractivity contribution >= 4 is 0 Å². The predicted molar refractivity (Wildman–Crippen MR) is 107 cm³/mol. The van der Waals surface area contributed by atoms with Gasteiger partial charge in [0.25, 0.3) is 0 Å². The number of ether oxygens (including phenoxy) is 2. The maximum Gasteiger partial charge on any atom is 0.122 e. The zero-order valence-corrected chi connectivity index (χ0v) is 16.6. The van der Waals surface area contributed by atoms with Gasteiger partial charge >= 0.3 is 0 Å². The van der Waals surface area contributed by atoms with Crippen molar-refractivity contribution in [3.63, 3.8) is 0 Å². The molecule has 2 saturated heterocycles. The summed E-state index contributed by atoms with van der Waals surface area (Å²) in [6, 6.07) is 6.77. The van der Waals surface area contributed by atoms with Crippen molar-refractivity contribution in [2.45, 2.75) is 38.6 Å². The van der Waals surface area contributed by atoms with E-state index in [2.05, 4.69) is 28.0 Å². The molecule has 5 rings (SSSR count). The normalized spacial score (nSPS) is 30.1. The molecule has 4 nitrogen and oxygen atoms in total. The molecule has 0 unspecified atom stereocenters. The van der Waals surface area contributed by atoms with Gasteiger partial charge in [0.2, 0.25) is 0 Å². The summed E-state index contributed by atoms with van der Waals surface area (Å²) in [5, 5.41) is 0. The number of benzene rings is 1. The van der Waals surface area contributed by atoms with Gasteiger partial charge in [0.1, 0.15) is 5.75 Å². The Morgan fingerprint density at radius 2 is 1.89 bits per heavy atom. The van der Waals surface area contributed by atoms with E-state index in [9.17, 15) is 0 Å². The van der Waals surface area contributed by atoms with Crippen LogP contribution in [0.1, 0.15) is 36.8 Å². The lowest BCUT2D eigenvalue weighted by Gasteiger charge is -2.26. The topological polar surface area (TPSA) is 24.9 Å². The molecule has 0 bridgehead atoms. The SMILES string of the molecule is c1cc2c(cc1CN1C[C@@H]3[C@@H](COCCCN4CCCCC4)[C@@H]3C1)CCO2. The molecule has 0 amide bonds. The van der Waals surface area contributed by atoms with E-state index in [1.165, 1.54) is 69.5 Å². The van der Waals surface area contributed by atoms with Gasteiger partial charge in [0, 0.05) is 39.2 Å². The summed E-state index contributed by atoms with van der Waals surface area (Å²) >= 11 is 0. The van der Waals surface area contributed by atoms with Crippen molar-refractivity contribution < 1.29 is 9.47 Å². The molecule has 0 radical (unpaired) electrons. The molecule has 1 aromatic carbocycles. The van der Waals surface area contributed by atoms with Crippen LogP contribution in [-0.2, 0) is 17.7 Å². The molecule has 1 aliphatic carbocycles. The Hall–Kier alpha value is -1.10. The molecule has 1 aromatic rings. The Morgan fingerprint density at radius 1 is 1.04 bits per heavy atom. The van der Waals surface area contributed by atoms with Gasteiger partial charge in [-0.15, -0.1) is 0 Å². The molecule has 27 heavy (non-hydrogen) atoms. The van der Waals surface area contributed by atoms with Crippen molar-refractivity contribution in [1.29, 1.82) is 0 Å². The van der Waals surface area contributed by atoms with E-state index in [0.29, 0.717) is 0 Å². The van der Waals surface area contributed by atoms with E-state index in [-0.39, 0.29) is 0 Å². The molecule has 0 N–H and O–H groups in total. The molecule has 1 saturated carbocycles. The van der Waals surface area contributed by atoms with Crippen LogP contribution in [0.4, 0.5) is 0 Å². The maximum atomic E-state index is 6.03. The second kappa shape index (κ2) is 8.10. The van der Waals surface area contributed by atoms with Crippen LogP contribution in [0.3, 0.4) is 0 Å². The molecule has 0 spiro atoms. The molecule has 148 valence electrons. The fraction of sp³-hybridized carbons (Fsp3) is 0.739. The first kappa shape index (κ1) is 18.0. The van der Waals surface area contributed by atoms with Gasteiger partial charge in [-0.25, -0.2) is 0 Å². The molecule has 3 aliphatic heterocycles. The predicted octanol–water partition coefficient (Wildman–Crippen LogP) is 3.19. The van der Waals surface area contributed by atoms with Crippen LogP contribution in [0, 0.1) is 17.8 Å². The number of hydrogen-bond acceptors (Lipinski definition) is 4. The highest BCUT2D eigenvalue weighted by atomic mass is 16.5. The number of piperidine rings is 2. The first-order chi connectivity index (χ1) is 13.4. The summed E-state index contributed by atoms with van der Waals surface area (Å²) < 4.78 is 11.7. The van der Waals surface area contributed by atoms with Crippen LogP contribution in [0.2, 0.25) is 0 Å². The molecule has 4 aliphatic rings. The number of nitrogens with zero attached hydrogens (tertiary/aromatic N) is 2. The maximum absolute atomic E-state index is 6.03. The summed E-state index contributed by atoms with van der Waals surface area (Å²) in [5.41, 5.74) is 2.85. The van der Waals surface area contributed by atoms with E-state index >= 15 is 0 Å². The Labute approximate surface area is 163 Å². The summed E-state index contributed by atoms with van der Waals surface area (Å²) in [4.78, 5) is 5.25. The van der Waals surface area contributed by atoms with Crippen LogP contribution in [0.15, 0.2) is 18.2 Å². The fourth-order valence-electron chi connectivity index (χ4n) is 5.50. The first-order valence-corrected chi connectivity index (χ1v) is 11.1. The number of rotatable bonds is 8. The van der Waals surface area contributed by atoms with Crippen molar-refractivity contribution in [2.24, 2.45) is 17.8 Å². The molecule has 0 aromatic heterocycles. The van der Waals surface area contributed by atoms with Gasteiger partial charge in [-0.3, -0.25) is 4.90 Å². The Balaban J connectivity index is 0.974. The minimum Gasteiger partial charge on any atom is -0.493 e. The zero-order valence-electron chi connectivity index (χ0n) is 16.6. The number of fused-ring (bicyclic) bond motifs is 2. The highest BCUT2D eigenvalue weighted by Crippen LogP contribution is 2.52. The van der Waals surface area contributed by atoms with Crippen molar-refractivity contribution in [1.82, 2.24) is 9.80 Å². The van der Waals surface area contributed by atoms with E-state index in [1.54, 1.807) is 0 Å². The van der Waals surface area contributed by atoms with Gasteiger partial charge < -0.3 is 14.4 Å². The van der Waals surface area contributed by atoms with Crippen LogP contribution >= 0.6 is 0 Å². The summed E-state index contributed by atoms with van der Waals surface area (Å²) in [5.74, 6) is 3.72. The van der Waals surface area contributed by atoms with Crippen molar-refractivity contribution in [3.8, 4) is 5.75 Å². The molecule has 4 heteroatoms. The first-order valence-electron chi connectivity index (χ1n) is 11.1. The highest BCUT2D eigenvalue weighted by molar-refractivity contribution is 5.39. The second-order valence-electron chi connectivity index (χ2n) is 9.06. The third kappa shape index (κ3) is 4.18. The minimum absolute atomic E-state index is 0.838. The van der Waals surface area contributed by atoms with Gasteiger partial charge in [-0.1, -0.05) is 18.6 Å². The van der Waals surface area contributed by atoms with Crippen molar-refractivity contribution in [3.05, 3.63) is 29.3 Å². The van der Waals surface area contributed by atoms with Crippen LogP contribution < -0.4 is 4.74 Å².